The average molecular weight is 317 g/mol. The summed E-state index contributed by atoms with van der Waals surface area (Å²) in [6.45, 7) is 5.81. The normalized spacial score (nSPS) is 12.6. The van der Waals surface area contributed by atoms with Gasteiger partial charge in [-0.2, -0.15) is 13.2 Å². The van der Waals surface area contributed by atoms with E-state index in [0.29, 0.717) is 13.1 Å². The summed E-state index contributed by atoms with van der Waals surface area (Å²) in [4.78, 5) is 25.2. The second kappa shape index (κ2) is 7.29. The van der Waals surface area contributed by atoms with Crippen LogP contribution in [0.1, 0.15) is 36.7 Å². The highest BCUT2D eigenvalue weighted by Crippen LogP contribution is 2.29. The van der Waals surface area contributed by atoms with E-state index >= 15 is 0 Å². The number of hydrogen-bond acceptors (Lipinski definition) is 3. The van der Waals surface area contributed by atoms with Crippen LogP contribution >= 0.6 is 0 Å². The van der Waals surface area contributed by atoms with Crippen LogP contribution in [-0.2, 0) is 10.9 Å². The highest BCUT2D eigenvalue weighted by molar-refractivity contribution is 6.00. The van der Waals surface area contributed by atoms with Gasteiger partial charge in [-0.15, -0.1) is 0 Å². The molecule has 4 nitrogen and oxygen atoms in total. The maximum atomic E-state index is 12.5. The van der Waals surface area contributed by atoms with Crippen LogP contribution in [0.3, 0.4) is 0 Å². The summed E-state index contributed by atoms with van der Waals surface area (Å²) in [7, 11) is 0. The fourth-order valence-electron chi connectivity index (χ4n) is 1.82. The molecule has 22 heavy (non-hydrogen) atoms. The van der Waals surface area contributed by atoms with Gasteiger partial charge in [0.15, 0.2) is 6.10 Å². The van der Waals surface area contributed by atoms with Gasteiger partial charge in [0.05, 0.1) is 5.56 Å². The molecule has 1 rings (SSSR count). The van der Waals surface area contributed by atoms with Crippen molar-refractivity contribution in [2.24, 2.45) is 0 Å². The van der Waals surface area contributed by atoms with Crippen LogP contribution in [0.25, 0.3) is 0 Å². The van der Waals surface area contributed by atoms with Crippen molar-refractivity contribution in [3.63, 3.8) is 0 Å². The minimum Gasteiger partial charge on any atom is -0.438 e. The second-order valence-corrected chi connectivity index (χ2v) is 4.64. The number of ketones is 1. The number of rotatable bonds is 5. The van der Waals surface area contributed by atoms with E-state index in [1.165, 1.54) is 11.8 Å². The third kappa shape index (κ3) is 4.47. The number of Topliss-reactive ketones (excluding diaryl/α,β-unsaturated/α-hetero) is 1. The maximum Gasteiger partial charge on any atom is 0.416 e. The number of alkyl halides is 3. The molecule has 1 aromatic rings. The summed E-state index contributed by atoms with van der Waals surface area (Å²) in [5.41, 5.74) is -0.773. The summed E-state index contributed by atoms with van der Waals surface area (Å²) in [5, 5.41) is 0. The molecule has 0 saturated heterocycles. The van der Waals surface area contributed by atoms with Crippen molar-refractivity contribution >= 4 is 11.9 Å². The molecule has 0 spiro atoms. The SMILES string of the molecule is CCN(CC)C(=O)OC(C)C(=O)c1ccc(C(F)(F)F)cc1. The molecule has 122 valence electrons. The topological polar surface area (TPSA) is 46.6 Å². The molecule has 1 atom stereocenters. The van der Waals surface area contributed by atoms with Crippen molar-refractivity contribution in [1.29, 1.82) is 0 Å². The first kappa shape index (κ1) is 18.0. The third-order valence-corrected chi connectivity index (χ3v) is 3.17. The molecule has 1 amide bonds. The minimum absolute atomic E-state index is 0.0628. The molecule has 0 bridgehead atoms. The van der Waals surface area contributed by atoms with Gasteiger partial charge in [0.1, 0.15) is 0 Å². The van der Waals surface area contributed by atoms with Gasteiger partial charge >= 0.3 is 12.3 Å². The lowest BCUT2D eigenvalue weighted by atomic mass is 10.0. The fourth-order valence-corrected chi connectivity index (χ4v) is 1.82. The first-order valence-corrected chi connectivity index (χ1v) is 6.87. The van der Waals surface area contributed by atoms with Gasteiger partial charge in [-0.25, -0.2) is 4.79 Å². The summed E-state index contributed by atoms with van der Waals surface area (Å²) in [6.07, 6.45) is -6.15. The molecule has 0 saturated carbocycles. The van der Waals surface area contributed by atoms with Gasteiger partial charge in [-0.1, -0.05) is 12.1 Å². The first-order chi connectivity index (χ1) is 10.2. The Labute approximate surface area is 126 Å². The molecule has 0 radical (unpaired) electrons. The number of amides is 1. The first-order valence-electron chi connectivity index (χ1n) is 6.87. The van der Waals surface area contributed by atoms with E-state index in [4.69, 9.17) is 4.74 Å². The van der Waals surface area contributed by atoms with Crippen molar-refractivity contribution < 1.29 is 27.5 Å². The van der Waals surface area contributed by atoms with Gasteiger partial charge in [-0.3, -0.25) is 4.79 Å². The Morgan fingerprint density at radius 1 is 1.14 bits per heavy atom. The third-order valence-electron chi connectivity index (χ3n) is 3.17. The molecule has 0 heterocycles. The van der Waals surface area contributed by atoms with Crippen molar-refractivity contribution in [3.8, 4) is 0 Å². The molecule has 7 heteroatoms. The minimum atomic E-state index is -4.46. The van der Waals surface area contributed by atoms with Gasteiger partial charge in [0.25, 0.3) is 0 Å². The summed E-state index contributed by atoms with van der Waals surface area (Å²) >= 11 is 0. The molecular formula is C15H18F3NO3. The lowest BCUT2D eigenvalue weighted by molar-refractivity contribution is -0.137. The quantitative estimate of drug-likeness (QED) is 0.777. The van der Waals surface area contributed by atoms with Gasteiger partial charge in [0.2, 0.25) is 5.78 Å². The molecule has 1 unspecified atom stereocenters. The Kier molecular flexibility index (Phi) is 5.96. The predicted molar refractivity (Wildman–Crippen MR) is 74.6 cm³/mol. The highest BCUT2D eigenvalue weighted by Gasteiger charge is 2.30. The van der Waals surface area contributed by atoms with E-state index in [2.05, 4.69) is 0 Å². The predicted octanol–water partition coefficient (Wildman–Crippen LogP) is 3.76. The zero-order valence-corrected chi connectivity index (χ0v) is 12.6. The van der Waals surface area contributed by atoms with Crippen molar-refractivity contribution in [2.75, 3.05) is 13.1 Å². The molecule has 0 aromatic heterocycles. The van der Waals surface area contributed by atoms with Crippen LogP contribution < -0.4 is 0 Å². The van der Waals surface area contributed by atoms with Crippen molar-refractivity contribution in [2.45, 2.75) is 33.1 Å². The van der Waals surface area contributed by atoms with E-state index in [-0.39, 0.29) is 5.56 Å². The number of benzene rings is 1. The maximum absolute atomic E-state index is 12.5. The summed E-state index contributed by atoms with van der Waals surface area (Å²) < 4.78 is 42.4. The van der Waals surface area contributed by atoms with Crippen LogP contribution in [0.2, 0.25) is 0 Å². The standard InChI is InChI=1S/C15H18F3NO3/c1-4-19(5-2)14(21)22-10(3)13(20)11-6-8-12(9-7-11)15(16,17)18/h6-10H,4-5H2,1-3H3. The summed E-state index contributed by atoms with van der Waals surface area (Å²) in [5.74, 6) is -0.547. The van der Waals surface area contributed by atoms with Crippen LogP contribution in [-0.4, -0.2) is 36.0 Å². The molecule has 0 N–H and O–H groups in total. The number of hydrogen-bond donors (Lipinski definition) is 0. The molecule has 0 fully saturated rings. The summed E-state index contributed by atoms with van der Waals surface area (Å²) in [6, 6.07) is 3.80. The molecule has 0 aliphatic heterocycles. The van der Waals surface area contributed by atoms with Crippen LogP contribution in [0, 0.1) is 0 Å². The molecule has 0 aliphatic carbocycles. The number of carbonyl (C=O) groups excluding carboxylic acids is 2. The Morgan fingerprint density at radius 2 is 1.64 bits per heavy atom. The lowest BCUT2D eigenvalue weighted by Crippen LogP contribution is -2.35. The van der Waals surface area contributed by atoms with Crippen LogP contribution in [0.5, 0.6) is 0 Å². The monoisotopic (exact) mass is 317 g/mol. The Balaban J connectivity index is 2.77. The van der Waals surface area contributed by atoms with E-state index in [9.17, 15) is 22.8 Å². The number of carbonyl (C=O) groups is 2. The van der Waals surface area contributed by atoms with Crippen LogP contribution in [0.15, 0.2) is 24.3 Å². The zero-order valence-electron chi connectivity index (χ0n) is 12.6. The van der Waals surface area contributed by atoms with Gasteiger partial charge in [-0.05, 0) is 32.9 Å². The Bertz CT molecular complexity index is 522. The highest BCUT2D eigenvalue weighted by atomic mass is 19.4. The lowest BCUT2D eigenvalue weighted by Gasteiger charge is -2.21. The van der Waals surface area contributed by atoms with Gasteiger partial charge in [0, 0.05) is 18.7 Å². The van der Waals surface area contributed by atoms with Gasteiger partial charge < -0.3 is 9.64 Å². The van der Waals surface area contributed by atoms with Crippen molar-refractivity contribution in [3.05, 3.63) is 35.4 Å². The van der Waals surface area contributed by atoms with Crippen LogP contribution in [0.4, 0.5) is 18.0 Å². The zero-order chi connectivity index (χ0) is 16.9. The Hall–Kier alpha value is -2.05. The van der Waals surface area contributed by atoms with E-state index < -0.39 is 29.7 Å². The molecule has 0 aliphatic rings. The Morgan fingerprint density at radius 3 is 2.05 bits per heavy atom. The van der Waals surface area contributed by atoms with E-state index in [1.807, 2.05) is 0 Å². The molecular weight excluding hydrogens is 299 g/mol. The van der Waals surface area contributed by atoms with E-state index in [1.54, 1.807) is 13.8 Å². The van der Waals surface area contributed by atoms with E-state index in [0.717, 1.165) is 24.3 Å². The fraction of sp³-hybridized carbons (Fsp3) is 0.467. The largest absolute Gasteiger partial charge is 0.438 e. The smallest absolute Gasteiger partial charge is 0.416 e. The number of halogens is 3. The number of ether oxygens (including phenoxy) is 1. The number of nitrogens with zero attached hydrogens (tertiary/aromatic N) is 1. The average Bonchev–Trinajstić information content (AvgIpc) is 2.46. The molecule has 1 aromatic carbocycles. The van der Waals surface area contributed by atoms with Crippen molar-refractivity contribution in [1.82, 2.24) is 4.90 Å². The second-order valence-electron chi connectivity index (χ2n) is 4.64.